The molecule has 0 saturated carbocycles. The van der Waals surface area contributed by atoms with E-state index in [4.69, 9.17) is 5.84 Å². The molecular formula is C14H19N5O. The molecule has 1 heterocycles. The van der Waals surface area contributed by atoms with E-state index in [9.17, 15) is 4.79 Å². The van der Waals surface area contributed by atoms with Gasteiger partial charge in [0.25, 0.3) is 5.91 Å². The van der Waals surface area contributed by atoms with E-state index >= 15 is 0 Å². The van der Waals surface area contributed by atoms with Crippen LogP contribution < -0.4 is 11.3 Å². The van der Waals surface area contributed by atoms with Crippen molar-refractivity contribution in [3.05, 3.63) is 47.5 Å². The predicted molar refractivity (Wildman–Crippen MR) is 78.0 cm³/mol. The number of anilines is 1. The summed E-state index contributed by atoms with van der Waals surface area (Å²) >= 11 is 0. The molecule has 0 atom stereocenters. The molecule has 2 rings (SSSR count). The van der Waals surface area contributed by atoms with E-state index in [2.05, 4.69) is 10.4 Å². The highest BCUT2D eigenvalue weighted by Gasteiger charge is 2.17. The maximum atomic E-state index is 12.5. The number of rotatable bonds is 4. The van der Waals surface area contributed by atoms with Crippen molar-refractivity contribution in [3.63, 3.8) is 0 Å². The number of nitrogens with zero attached hydrogens (tertiary/aromatic N) is 3. The molecule has 3 N–H and O–H groups in total. The molecule has 6 nitrogen and oxygen atoms in total. The van der Waals surface area contributed by atoms with Crippen LogP contribution in [-0.2, 0) is 13.6 Å². The van der Waals surface area contributed by atoms with Crippen molar-refractivity contribution >= 4 is 11.6 Å². The van der Waals surface area contributed by atoms with Crippen LogP contribution in [0.1, 0.15) is 21.7 Å². The zero-order valence-electron chi connectivity index (χ0n) is 11.9. The number of benzene rings is 1. The molecule has 6 heteroatoms. The van der Waals surface area contributed by atoms with Crippen molar-refractivity contribution in [2.45, 2.75) is 13.5 Å². The summed E-state index contributed by atoms with van der Waals surface area (Å²) in [6.45, 7) is 2.39. The molecule has 0 radical (unpaired) electrons. The van der Waals surface area contributed by atoms with E-state index in [-0.39, 0.29) is 5.91 Å². The monoisotopic (exact) mass is 273 g/mol. The predicted octanol–water partition coefficient (Wildman–Crippen LogP) is 1.29. The zero-order valence-corrected chi connectivity index (χ0v) is 11.9. The third kappa shape index (κ3) is 2.80. The first-order chi connectivity index (χ1) is 9.52. The summed E-state index contributed by atoms with van der Waals surface area (Å²) in [5.41, 5.74) is 4.75. The third-order valence-corrected chi connectivity index (χ3v) is 3.21. The van der Waals surface area contributed by atoms with Crippen LogP contribution in [0.5, 0.6) is 0 Å². The molecule has 0 aliphatic carbocycles. The lowest BCUT2D eigenvalue weighted by atomic mass is 10.1. The summed E-state index contributed by atoms with van der Waals surface area (Å²) in [5.74, 6) is 6.20. The van der Waals surface area contributed by atoms with Crippen LogP contribution in [0.4, 0.5) is 5.69 Å². The first-order valence-corrected chi connectivity index (χ1v) is 6.32. The Bertz CT molecular complexity index is 620. The Kier molecular flexibility index (Phi) is 4.05. The lowest BCUT2D eigenvalue weighted by molar-refractivity contribution is 0.0781. The van der Waals surface area contributed by atoms with Gasteiger partial charge in [-0.1, -0.05) is 11.6 Å². The summed E-state index contributed by atoms with van der Waals surface area (Å²) in [6.07, 6.45) is 3.57. The fraction of sp³-hybridized carbons (Fsp3) is 0.286. The van der Waals surface area contributed by atoms with Crippen molar-refractivity contribution in [1.29, 1.82) is 0 Å². The second-order valence-electron chi connectivity index (χ2n) is 4.81. The van der Waals surface area contributed by atoms with Gasteiger partial charge in [0.15, 0.2) is 0 Å². The molecule has 0 aliphatic heterocycles. The Balaban J connectivity index is 2.22. The number of hydrogen-bond acceptors (Lipinski definition) is 4. The third-order valence-electron chi connectivity index (χ3n) is 3.21. The summed E-state index contributed by atoms with van der Waals surface area (Å²) < 4.78 is 1.89. The number of hydrogen-bond donors (Lipinski definition) is 2. The molecule has 1 aromatic carbocycles. The number of amides is 1. The highest BCUT2D eigenvalue weighted by atomic mass is 16.2. The van der Waals surface area contributed by atoms with E-state index < -0.39 is 0 Å². The zero-order chi connectivity index (χ0) is 14.7. The van der Waals surface area contributed by atoms with E-state index in [0.717, 1.165) is 11.4 Å². The van der Waals surface area contributed by atoms with Crippen molar-refractivity contribution in [3.8, 4) is 0 Å². The minimum Gasteiger partial charge on any atom is -0.337 e. The Morgan fingerprint density at radius 1 is 1.50 bits per heavy atom. The maximum absolute atomic E-state index is 12.5. The number of nitrogens with one attached hydrogen (secondary N) is 1. The first kappa shape index (κ1) is 14.1. The van der Waals surface area contributed by atoms with E-state index in [1.807, 2.05) is 36.9 Å². The van der Waals surface area contributed by atoms with Crippen LogP contribution in [0, 0.1) is 6.92 Å². The largest absolute Gasteiger partial charge is 0.337 e. The van der Waals surface area contributed by atoms with Gasteiger partial charge in [-0.3, -0.25) is 10.6 Å². The van der Waals surface area contributed by atoms with E-state index in [0.29, 0.717) is 17.8 Å². The van der Waals surface area contributed by atoms with E-state index in [1.165, 1.54) is 0 Å². The molecule has 20 heavy (non-hydrogen) atoms. The molecule has 0 saturated heterocycles. The number of imidazole rings is 1. The van der Waals surface area contributed by atoms with Crippen molar-refractivity contribution in [2.75, 3.05) is 12.5 Å². The number of nitrogen functional groups attached to an aromatic ring is 1. The molecule has 0 spiro atoms. The molecule has 106 valence electrons. The normalized spacial score (nSPS) is 10.4. The number of hydrazine groups is 1. The van der Waals surface area contributed by atoms with Gasteiger partial charge in [0.1, 0.15) is 5.82 Å². The van der Waals surface area contributed by atoms with Gasteiger partial charge in [0, 0.05) is 26.5 Å². The van der Waals surface area contributed by atoms with Gasteiger partial charge in [0.05, 0.1) is 17.8 Å². The number of aromatic nitrogens is 2. The van der Waals surface area contributed by atoms with Gasteiger partial charge in [0.2, 0.25) is 0 Å². The van der Waals surface area contributed by atoms with Crippen LogP contribution >= 0.6 is 0 Å². The second kappa shape index (κ2) is 5.75. The Morgan fingerprint density at radius 3 is 2.85 bits per heavy atom. The Labute approximate surface area is 118 Å². The molecule has 1 aromatic heterocycles. The minimum absolute atomic E-state index is 0.0929. The average molecular weight is 273 g/mol. The SMILES string of the molecule is Cc1ccc(NN)c(C(=O)N(C)Cc2nccn2C)c1. The smallest absolute Gasteiger partial charge is 0.256 e. The van der Waals surface area contributed by atoms with Crippen LogP contribution in [0.2, 0.25) is 0 Å². The average Bonchev–Trinajstić information content (AvgIpc) is 2.83. The van der Waals surface area contributed by atoms with Gasteiger partial charge in [-0.25, -0.2) is 4.98 Å². The molecule has 0 bridgehead atoms. The number of carbonyl (C=O) groups is 1. The lowest BCUT2D eigenvalue weighted by Crippen LogP contribution is -2.28. The molecule has 0 aliphatic rings. The summed E-state index contributed by atoms with van der Waals surface area (Å²) in [6, 6.07) is 5.54. The van der Waals surface area contributed by atoms with Gasteiger partial charge < -0.3 is 14.9 Å². The van der Waals surface area contributed by atoms with Crippen LogP contribution in [0.3, 0.4) is 0 Å². The topological polar surface area (TPSA) is 76.2 Å². The highest BCUT2D eigenvalue weighted by molar-refractivity contribution is 5.99. The minimum atomic E-state index is -0.0929. The first-order valence-electron chi connectivity index (χ1n) is 6.32. The fourth-order valence-corrected chi connectivity index (χ4v) is 2.00. The number of carbonyl (C=O) groups excluding carboxylic acids is 1. The van der Waals surface area contributed by atoms with Gasteiger partial charge in [-0.15, -0.1) is 0 Å². The van der Waals surface area contributed by atoms with Crippen LogP contribution in [0.25, 0.3) is 0 Å². The van der Waals surface area contributed by atoms with Crippen molar-refractivity contribution < 1.29 is 4.79 Å². The number of nitrogens with two attached hydrogens (primary N) is 1. The van der Waals surface area contributed by atoms with Gasteiger partial charge >= 0.3 is 0 Å². The standard InChI is InChI=1S/C14H19N5O/c1-10-4-5-12(17-15)11(8-10)14(20)19(3)9-13-16-6-7-18(13)2/h4-8,17H,9,15H2,1-3H3. The lowest BCUT2D eigenvalue weighted by Gasteiger charge is -2.19. The van der Waals surface area contributed by atoms with Gasteiger partial charge in [-0.05, 0) is 19.1 Å². The van der Waals surface area contributed by atoms with Crippen molar-refractivity contribution in [2.24, 2.45) is 12.9 Å². The van der Waals surface area contributed by atoms with E-state index in [1.54, 1.807) is 24.2 Å². The highest BCUT2D eigenvalue weighted by Crippen LogP contribution is 2.18. The molecule has 2 aromatic rings. The number of aryl methyl sites for hydroxylation is 2. The molecule has 0 fully saturated rings. The van der Waals surface area contributed by atoms with Gasteiger partial charge in [-0.2, -0.15) is 0 Å². The quantitative estimate of drug-likeness (QED) is 0.650. The fourth-order valence-electron chi connectivity index (χ4n) is 2.00. The summed E-state index contributed by atoms with van der Waals surface area (Å²) in [4.78, 5) is 18.4. The van der Waals surface area contributed by atoms with Crippen molar-refractivity contribution in [1.82, 2.24) is 14.5 Å². The molecule has 0 unspecified atom stereocenters. The summed E-state index contributed by atoms with van der Waals surface area (Å²) in [5, 5.41) is 0. The van der Waals surface area contributed by atoms with Crippen LogP contribution in [-0.4, -0.2) is 27.4 Å². The molecule has 1 amide bonds. The summed E-state index contributed by atoms with van der Waals surface area (Å²) in [7, 11) is 3.65. The Morgan fingerprint density at radius 2 is 2.25 bits per heavy atom. The van der Waals surface area contributed by atoms with Crippen LogP contribution in [0.15, 0.2) is 30.6 Å². The molecular weight excluding hydrogens is 254 g/mol. The maximum Gasteiger partial charge on any atom is 0.256 e. The Hall–Kier alpha value is -2.34. The second-order valence-corrected chi connectivity index (χ2v) is 4.81.